The summed E-state index contributed by atoms with van der Waals surface area (Å²) in [5.41, 5.74) is 8.29. The lowest BCUT2D eigenvalue weighted by atomic mass is 9.81. The Kier molecular flexibility index (Phi) is 8.47. The van der Waals surface area contributed by atoms with Crippen LogP contribution in [0.5, 0.6) is 5.75 Å². The number of aromatic carboxylic acids is 1. The van der Waals surface area contributed by atoms with Crippen molar-refractivity contribution in [2.45, 2.75) is 64.0 Å². The molecule has 0 unspecified atom stereocenters. The van der Waals surface area contributed by atoms with Crippen molar-refractivity contribution in [3.05, 3.63) is 77.4 Å². The Morgan fingerprint density at radius 2 is 1.80 bits per heavy atom. The Bertz CT molecular complexity index is 1770. The van der Waals surface area contributed by atoms with Crippen molar-refractivity contribution in [3.8, 4) is 17.0 Å². The quantitative estimate of drug-likeness (QED) is 0.214. The Labute approximate surface area is 271 Å². The summed E-state index contributed by atoms with van der Waals surface area (Å²) in [5.74, 6) is 0.562. The molecule has 0 spiro atoms. The van der Waals surface area contributed by atoms with Gasteiger partial charge in [-0.2, -0.15) is 0 Å². The summed E-state index contributed by atoms with van der Waals surface area (Å²) in [6.07, 6.45) is 7.58. The summed E-state index contributed by atoms with van der Waals surface area (Å²) < 4.78 is 8.84. The van der Waals surface area contributed by atoms with E-state index in [1.165, 1.54) is 41.5 Å². The first-order chi connectivity index (χ1) is 22.4. The lowest BCUT2D eigenvalue weighted by Gasteiger charge is -2.27. The Hall–Kier alpha value is -4.30. The maximum Gasteiger partial charge on any atom is 0.335 e. The van der Waals surface area contributed by atoms with Gasteiger partial charge in [0.15, 0.2) is 0 Å². The van der Waals surface area contributed by atoms with E-state index in [2.05, 4.69) is 64.9 Å². The summed E-state index contributed by atoms with van der Waals surface area (Å²) in [7, 11) is 4.21. The van der Waals surface area contributed by atoms with E-state index in [-0.39, 0.29) is 5.91 Å². The second kappa shape index (κ2) is 12.8. The van der Waals surface area contributed by atoms with E-state index in [0.29, 0.717) is 24.5 Å². The van der Waals surface area contributed by atoms with Gasteiger partial charge in [-0.05, 0) is 86.8 Å². The van der Waals surface area contributed by atoms with Crippen molar-refractivity contribution in [1.82, 2.24) is 9.47 Å². The predicted octanol–water partition coefficient (Wildman–Crippen LogP) is 7.14. The van der Waals surface area contributed by atoms with Gasteiger partial charge >= 0.3 is 5.97 Å². The molecular weight excluding hydrogens is 576 g/mol. The van der Waals surface area contributed by atoms with Gasteiger partial charge in [0.05, 0.1) is 11.3 Å². The molecule has 240 valence electrons. The number of nitrogens with zero attached hydrogens (tertiary/aromatic N) is 4. The number of fused-ring (bicyclic) bond motifs is 5. The average molecular weight is 621 g/mol. The lowest BCUT2D eigenvalue weighted by Crippen LogP contribution is -2.33. The molecule has 3 heterocycles. The molecule has 1 N–H and O–H groups in total. The first-order valence-corrected chi connectivity index (χ1v) is 16.8. The Morgan fingerprint density at radius 3 is 2.57 bits per heavy atom. The third-order valence-corrected chi connectivity index (χ3v) is 10.0. The maximum atomic E-state index is 12.3. The SMILES string of the molecule is CN(C)CCN1CCn2c(c(C3CCCCC3)c3ccc(C(=O)O)cc32)-c2ccc(OCc3cccc(N4CCCC4=O)c3)cc21. The Balaban J connectivity index is 1.29. The number of rotatable bonds is 9. The van der Waals surface area contributed by atoms with Crippen LogP contribution in [-0.4, -0.2) is 66.7 Å². The zero-order valence-corrected chi connectivity index (χ0v) is 27.0. The number of carbonyl (C=O) groups excluding carboxylic acids is 1. The molecule has 0 radical (unpaired) electrons. The smallest absolute Gasteiger partial charge is 0.335 e. The van der Waals surface area contributed by atoms with E-state index >= 15 is 0 Å². The summed E-state index contributed by atoms with van der Waals surface area (Å²) in [6, 6.07) is 20.3. The van der Waals surface area contributed by atoms with Crippen LogP contribution in [0.1, 0.15) is 72.3 Å². The van der Waals surface area contributed by atoms with Crippen molar-refractivity contribution < 1.29 is 19.4 Å². The van der Waals surface area contributed by atoms with Gasteiger partial charge in [0.2, 0.25) is 5.91 Å². The summed E-state index contributed by atoms with van der Waals surface area (Å²) in [4.78, 5) is 30.9. The van der Waals surface area contributed by atoms with Crippen LogP contribution < -0.4 is 14.5 Å². The molecule has 1 saturated heterocycles. The van der Waals surface area contributed by atoms with E-state index in [4.69, 9.17) is 4.74 Å². The maximum absolute atomic E-state index is 12.3. The van der Waals surface area contributed by atoms with Gasteiger partial charge in [0, 0.05) is 73.1 Å². The van der Waals surface area contributed by atoms with Crippen LogP contribution in [0, 0.1) is 0 Å². The topological polar surface area (TPSA) is 78.2 Å². The molecular formula is C38H44N4O4. The van der Waals surface area contributed by atoms with Gasteiger partial charge in [-0.15, -0.1) is 0 Å². The number of carbonyl (C=O) groups is 2. The molecule has 3 aliphatic rings. The molecule has 46 heavy (non-hydrogen) atoms. The number of likely N-dealkylation sites (N-methyl/N-ethyl adjacent to an activating group) is 1. The molecule has 1 amide bonds. The van der Waals surface area contributed by atoms with E-state index in [0.717, 1.165) is 80.2 Å². The first kappa shape index (κ1) is 30.4. The molecule has 0 atom stereocenters. The molecule has 1 saturated carbocycles. The van der Waals surface area contributed by atoms with Crippen molar-refractivity contribution in [2.24, 2.45) is 0 Å². The minimum absolute atomic E-state index is 0.186. The third kappa shape index (κ3) is 5.86. The second-order valence-corrected chi connectivity index (χ2v) is 13.4. The zero-order valence-electron chi connectivity index (χ0n) is 27.0. The molecule has 1 aromatic heterocycles. The lowest BCUT2D eigenvalue weighted by molar-refractivity contribution is -0.117. The number of carboxylic acids is 1. The summed E-state index contributed by atoms with van der Waals surface area (Å²) in [5, 5.41) is 11.1. The van der Waals surface area contributed by atoms with E-state index in [1.807, 2.05) is 23.1 Å². The summed E-state index contributed by atoms with van der Waals surface area (Å²) in [6.45, 7) is 4.57. The molecule has 3 aromatic carbocycles. The number of hydrogen-bond donors (Lipinski definition) is 1. The average Bonchev–Trinajstić information content (AvgIpc) is 3.60. The van der Waals surface area contributed by atoms with Crippen molar-refractivity contribution in [1.29, 1.82) is 0 Å². The monoisotopic (exact) mass is 620 g/mol. The second-order valence-electron chi connectivity index (χ2n) is 13.4. The van der Waals surface area contributed by atoms with Crippen LogP contribution in [-0.2, 0) is 17.9 Å². The van der Waals surface area contributed by atoms with E-state index in [9.17, 15) is 14.7 Å². The molecule has 2 fully saturated rings. The fourth-order valence-electron chi connectivity index (χ4n) is 7.70. The molecule has 8 nitrogen and oxygen atoms in total. The highest BCUT2D eigenvalue weighted by Crippen LogP contribution is 2.48. The molecule has 0 bridgehead atoms. The zero-order chi connectivity index (χ0) is 31.8. The van der Waals surface area contributed by atoms with Crippen LogP contribution in [0.25, 0.3) is 22.2 Å². The summed E-state index contributed by atoms with van der Waals surface area (Å²) >= 11 is 0. The predicted molar refractivity (Wildman–Crippen MR) is 183 cm³/mol. The third-order valence-electron chi connectivity index (χ3n) is 10.0. The van der Waals surface area contributed by atoms with E-state index in [1.54, 1.807) is 6.07 Å². The largest absolute Gasteiger partial charge is 0.489 e. The number of hydrogen-bond acceptors (Lipinski definition) is 5. The molecule has 4 aromatic rings. The van der Waals surface area contributed by atoms with Crippen molar-refractivity contribution >= 4 is 34.2 Å². The number of ether oxygens (including phenoxy) is 1. The van der Waals surface area contributed by atoms with Gasteiger partial charge in [0.25, 0.3) is 0 Å². The van der Waals surface area contributed by atoms with Gasteiger partial charge in [0.1, 0.15) is 12.4 Å². The normalized spacial score (nSPS) is 17.0. The van der Waals surface area contributed by atoms with E-state index < -0.39 is 5.97 Å². The number of anilines is 2. The number of aromatic nitrogens is 1. The highest BCUT2D eigenvalue weighted by Gasteiger charge is 2.31. The van der Waals surface area contributed by atoms with Gasteiger partial charge in [-0.1, -0.05) is 37.5 Å². The molecule has 2 aliphatic heterocycles. The minimum Gasteiger partial charge on any atom is -0.489 e. The first-order valence-electron chi connectivity index (χ1n) is 16.8. The fraction of sp³-hybridized carbons (Fsp3) is 0.421. The standard InChI is InChI=1S/C38H44N4O4/c1-39(2)18-19-40-20-21-42-34-23-28(38(44)45)13-15-31(34)36(27-9-4-3-5-10-27)37(42)32-16-14-30(24-33(32)40)46-25-26-8-6-11-29(22-26)41-17-7-12-35(41)43/h6,8,11,13-16,22-24,27H,3-5,7,9-10,12,17-21,25H2,1-2H3,(H,44,45). The van der Waals surface area contributed by atoms with Crippen LogP contribution in [0.3, 0.4) is 0 Å². The fourth-order valence-corrected chi connectivity index (χ4v) is 7.70. The highest BCUT2D eigenvalue weighted by molar-refractivity contribution is 6.00. The van der Waals surface area contributed by atoms with Crippen molar-refractivity contribution in [2.75, 3.05) is 50.1 Å². The van der Waals surface area contributed by atoms with Crippen LogP contribution in [0.4, 0.5) is 11.4 Å². The van der Waals surface area contributed by atoms with Gasteiger partial charge in [-0.25, -0.2) is 4.79 Å². The van der Waals surface area contributed by atoms with Crippen LogP contribution in [0.2, 0.25) is 0 Å². The minimum atomic E-state index is -0.891. The van der Waals surface area contributed by atoms with Crippen molar-refractivity contribution in [3.63, 3.8) is 0 Å². The van der Waals surface area contributed by atoms with Gasteiger partial charge < -0.3 is 29.1 Å². The number of benzene rings is 3. The molecule has 1 aliphatic carbocycles. The number of carboxylic acid groups (broad SMARTS) is 1. The number of amides is 1. The Morgan fingerprint density at radius 1 is 0.957 bits per heavy atom. The van der Waals surface area contributed by atoms with Crippen LogP contribution in [0.15, 0.2) is 60.7 Å². The van der Waals surface area contributed by atoms with Crippen LogP contribution >= 0.6 is 0 Å². The van der Waals surface area contributed by atoms with Gasteiger partial charge in [-0.3, -0.25) is 4.79 Å². The highest BCUT2D eigenvalue weighted by atomic mass is 16.5. The molecule has 8 heteroatoms. The molecule has 7 rings (SSSR count).